The summed E-state index contributed by atoms with van der Waals surface area (Å²) < 4.78 is 18.3. The molecule has 0 radical (unpaired) electrons. The predicted octanol–water partition coefficient (Wildman–Crippen LogP) is 7.28. The van der Waals surface area contributed by atoms with Gasteiger partial charge in [-0.2, -0.15) is 0 Å². The van der Waals surface area contributed by atoms with E-state index in [0.29, 0.717) is 19.8 Å². The maximum atomic E-state index is 7.01. The van der Waals surface area contributed by atoms with Gasteiger partial charge in [0, 0.05) is 11.5 Å². The number of nitrogen functional groups attached to an aromatic ring is 1. The van der Waals surface area contributed by atoms with Crippen LogP contribution < -0.4 is 5.73 Å². The summed E-state index contributed by atoms with van der Waals surface area (Å²) in [6.07, 6.45) is 11.9. The Kier molecular flexibility index (Phi) is 19.3. The fourth-order valence-corrected chi connectivity index (χ4v) is 3.31. The summed E-state index contributed by atoms with van der Waals surface area (Å²) in [6, 6.07) is 9.23. The highest BCUT2D eigenvalue weighted by Crippen LogP contribution is 2.31. The molecule has 0 saturated carbocycles. The van der Waals surface area contributed by atoms with Gasteiger partial charge in [0.2, 0.25) is 0 Å². The molecule has 0 fully saturated rings. The lowest BCUT2D eigenvalue weighted by atomic mass is 9.99. The van der Waals surface area contributed by atoms with Gasteiger partial charge in [-0.25, -0.2) is 0 Å². The van der Waals surface area contributed by atoms with Crippen molar-refractivity contribution in [3.63, 3.8) is 0 Å². The third kappa shape index (κ3) is 13.9. The third-order valence-electron chi connectivity index (χ3n) is 5.20. The predicted molar refractivity (Wildman–Crippen MR) is 136 cm³/mol. The lowest BCUT2D eigenvalue weighted by molar-refractivity contribution is -0.403. The van der Waals surface area contributed by atoms with Crippen molar-refractivity contribution in [1.29, 1.82) is 5.41 Å². The second-order valence-electron chi connectivity index (χ2n) is 8.39. The van der Waals surface area contributed by atoms with Crippen LogP contribution in [0.15, 0.2) is 30.3 Å². The number of ether oxygens (including phenoxy) is 3. The second-order valence-corrected chi connectivity index (χ2v) is 8.39. The number of benzene rings is 1. The first kappa shape index (κ1) is 30.6. The summed E-state index contributed by atoms with van der Waals surface area (Å²) >= 11 is 0. The molecule has 0 aliphatic heterocycles. The molecule has 5 nitrogen and oxygen atoms in total. The molecule has 3 N–H and O–H groups in total. The van der Waals surface area contributed by atoms with Crippen LogP contribution in [0, 0.1) is 11.3 Å². The maximum absolute atomic E-state index is 7.01. The van der Waals surface area contributed by atoms with E-state index >= 15 is 0 Å². The molecule has 0 heterocycles. The number of hydrogen-bond donors (Lipinski definition) is 2. The van der Waals surface area contributed by atoms with Crippen LogP contribution >= 0.6 is 0 Å². The molecule has 1 aromatic rings. The Labute approximate surface area is 197 Å². The zero-order chi connectivity index (χ0) is 24.1. The summed E-state index contributed by atoms with van der Waals surface area (Å²) in [6.45, 7) is 12.9. The molecule has 1 rings (SSSR count). The van der Waals surface area contributed by atoms with Crippen molar-refractivity contribution in [2.45, 2.75) is 105 Å². The van der Waals surface area contributed by atoms with E-state index in [4.69, 9.17) is 25.4 Å². The lowest BCUT2D eigenvalue weighted by Gasteiger charge is -2.38. The highest BCUT2D eigenvalue weighted by Gasteiger charge is 2.39. The van der Waals surface area contributed by atoms with Crippen LogP contribution in [0.3, 0.4) is 0 Å². The highest BCUT2D eigenvalue weighted by molar-refractivity contribution is 5.94. The molecule has 0 bridgehead atoms. The van der Waals surface area contributed by atoms with Crippen molar-refractivity contribution in [3.8, 4) is 0 Å². The van der Waals surface area contributed by atoms with E-state index in [1.807, 2.05) is 30.3 Å². The molecule has 5 heteroatoms. The van der Waals surface area contributed by atoms with E-state index in [2.05, 4.69) is 34.6 Å². The molecule has 0 aliphatic rings. The number of nitrogens with two attached hydrogens (primary N) is 1. The van der Waals surface area contributed by atoms with Gasteiger partial charge < -0.3 is 19.9 Å². The molecule has 0 saturated heterocycles. The van der Waals surface area contributed by atoms with Gasteiger partial charge >= 0.3 is 0 Å². The zero-order valence-corrected chi connectivity index (χ0v) is 21.5. The van der Waals surface area contributed by atoms with Gasteiger partial charge in [-0.1, -0.05) is 103 Å². The molecular weight excluding hydrogens is 400 g/mol. The molecule has 0 aromatic heterocycles. The van der Waals surface area contributed by atoms with E-state index in [-0.39, 0.29) is 11.8 Å². The Morgan fingerprint density at radius 2 is 1.25 bits per heavy atom. The van der Waals surface area contributed by atoms with Crippen LogP contribution in [0.2, 0.25) is 0 Å². The van der Waals surface area contributed by atoms with Crippen LogP contribution in [-0.4, -0.2) is 31.6 Å². The molecular formula is C27H50N2O3. The topological polar surface area (TPSA) is 77.6 Å². The zero-order valence-electron chi connectivity index (χ0n) is 21.5. The minimum atomic E-state index is -0.842. The van der Waals surface area contributed by atoms with Gasteiger partial charge in [0.1, 0.15) is 5.84 Å². The van der Waals surface area contributed by atoms with Gasteiger partial charge in [0.05, 0.1) is 19.8 Å². The SMILES string of the molecule is CCCCCCCCC(C)C(OCCC)(OCCC)OCCC.N=C(N)c1ccccc1. The minimum absolute atomic E-state index is 0.121. The third-order valence-corrected chi connectivity index (χ3v) is 5.20. The van der Waals surface area contributed by atoms with E-state index in [0.717, 1.165) is 31.2 Å². The first-order valence-corrected chi connectivity index (χ1v) is 12.8. The average Bonchev–Trinajstić information content (AvgIpc) is 2.82. The van der Waals surface area contributed by atoms with E-state index < -0.39 is 5.97 Å². The first-order chi connectivity index (χ1) is 15.5. The van der Waals surface area contributed by atoms with Crippen LogP contribution in [-0.2, 0) is 14.2 Å². The van der Waals surface area contributed by atoms with E-state index in [1.54, 1.807) is 0 Å². The lowest BCUT2D eigenvalue weighted by Crippen LogP contribution is -2.46. The fraction of sp³-hybridized carbons (Fsp3) is 0.741. The molecule has 0 spiro atoms. The second kappa shape index (κ2) is 20.2. The van der Waals surface area contributed by atoms with E-state index in [9.17, 15) is 0 Å². The summed E-state index contributed by atoms with van der Waals surface area (Å²) in [5.41, 5.74) is 5.97. The van der Waals surface area contributed by atoms with Gasteiger partial charge in [0.25, 0.3) is 5.97 Å². The number of unbranched alkanes of at least 4 members (excludes halogenated alkanes) is 5. The van der Waals surface area contributed by atoms with Crippen molar-refractivity contribution in [1.82, 2.24) is 0 Å². The molecule has 32 heavy (non-hydrogen) atoms. The average molecular weight is 451 g/mol. The Balaban J connectivity index is 0.000000879. The summed E-state index contributed by atoms with van der Waals surface area (Å²) in [4.78, 5) is 0. The van der Waals surface area contributed by atoms with Gasteiger partial charge in [-0.05, 0) is 25.7 Å². The minimum Gasteiger partial charge on any atom is -0.384 e. The summed E-state index contributed by atoms with van der Waals surface area (Å²) in [5.74, 6) is -0.459. The van der Waals surface area contributed by atoms with Crippen LogP contribution in [0.1, 0.15) is 104 Å². The van der Waals surface area contributed by atoms with Gasteiger partial charge in [-0.3, -0.25) is 5.41 Å². The molecule has 186 valence electrons. The monoisotopic (exact) mass is 450 g/mol. The van der Waals surface area contributed by atoms with Crippen LogP contribution in [0.25, 0.3) is 0 Å². The Morgan fingerprint density at radius 1 is 0.781 bits per heavy atom. The Bertz CT molecular complexity index is 529. The Hall–Kier alpha value is -1.43. The molecule has 1 unspecified atom stereocenters. The van der Waals surface area contributed by atoms with Crippen molar-refractivity contribution in [2.24, 2.45) is 11.7 Å². The maximum Gasteiger partial charge on any atom is 0.285 e. The largest absolute Gasteiger partial charge is 0.384 e. The van der Waals surface area contributed by atoms with Crippen LogP contribution in [0.5, 0.6) is 0 Å². The van der Waals surface area contributed by atoms with Crippen molar-refractivity contribution in [2.75, 3.05) is 19.8 Å². The smallest absolute Gasteiger partial charge is 0.285 e. The van der Waals surface area contributed by atoms with E-state index in [1.165, 1.54) is 38.5 Å². The fourth-order valence-electron chi connectivity index (χ4n) is 3.31. The number of rotatable bonds is 18. The van der Waals surface area contributed by atoms with Crippen molar-refractivity contribution >= 4 is 5.84 Å². The summed E-state index contributed by atoms with van der Waals surface area (Å²) in [5, 5.41) is 7.01. The highest BCUT2D eigenvalue weighted by atomic mass is 16.9. The normalized spacial score (nSPS) is 12.2. The standard InChI is InChI=1S/C20H42O3.C7H8N2/c1-6-10-11-12-13-14-15-19(5)20(21-16-7-2,22-17-8-3)23-18-9-4;8-7(9)6-4-2-1-3-5-6/h19H,6-18H2,1-5H3;1-5H,(H3,8,9). The number of nitrogens with one attached hydrogen (secondary N) is 1. The van der Waals surface area contributed by atoms with Crippen LogP contribution in [0.4, 0.5) is 0 Å². The van der Waals surface area contributed by atoms with Crippen molar-refractivity contribution < 1.29 is 14.2 Å². The molecule has 1 atom stereocenters. The number of amidine groups is 1. The summed E-state index contributed by atoms with van der Waals surface area (Å²) in [7, 11) is 0. The molecule has 0 aliphatic carbocycles. The molecule has 0 amide bonds. The first-order valence-electron chi connectivity index (χ1n) is 12.8. The van der Waals surface area contributed by atoms with Gasteiger partial charge in [0.15, 0.2) is 0 Å². The molecule has 1 aromatic carbocycles. The van der Waals surface area contributed by atoms with Gasteiger partial charge in [-0.15, -0.1) is 0 Å². The Morgan fingerprint density at radius 3 is 1.66 bits per heavy atom. The number of hydrogen-bond acceptors (Lipinski definition) is 4. The van der Waals surface area contributed by atoms with Crippen molar-refractivity contribution in [3.05, 3.63) is 35.9 Å². The quantitative estimate of drug-likeness (QED) is 0.107.